The lowest BCUT2D eigenvalue weighted by Gasteiger charge is -2.31. The van der Waals surface area contributed by atoms with Crippen LogP contribution >= 0.6 is 0 Å². The molecule has 2 heterocycles. The van der Waals surface area contributed by atoms with Crippen LogP contribution in [-0.2, 0) is 18.9 Å². The SMILES string of the molecule is CC[C@@]1(CO)O[C@@H](OC)[C@@H]2OC(C)(C)O[C@@H]21. The molecule has 0 spiro atoms. The Kier molecular flexibility index (Phi) is 3.01. The van der Waals surface area contributed by atoms with Gasteiger partial charge in [-0.15, -0.1) is 0 Å². The number of hydrogen-bond acceptors (Lipinski definition) is 5. The summed E-state index contributed by atoms with van der Waals surface area (Å²) in [7, 11) is 1.57. The minimum atomic E-state index is -0.709. The maximum absolute atomic E-state index is 9.53. The fourth-order valence-corrected chi connectivity index (χ4v) is 2.47. The summed E-state index contributed by atoms with van der Waals surface area (Å²) < 4.78 is 22.5. The van der Waals surface area contributed by atoms with Gasteiger partial charge in [-0.05, 0) is 20.3 Å². The highest BCUT2D eigenvalue weighted by Gasteiger charge is 2.62. The van der Waals surface area contributed by atoms with Gasteiger partial charge in [0.15, 0.2) is 12.1 Å². The van der Waals surface area contributed by atoms with Gasteiger partial charge in [0.2, 0.25) is 0 Å². The third kappa shape index (κ3) is 1.67. The molecule has 0 aromatic rings. The molecule has 94 valence electrons. The Hall–Kier alpha value is -0.200. The normalized spacial score (nSPS) is 45.9. The van der Waals surface area contributed by atoms with Crippen LogP contribution in [0.2, 0.25) is 0 Å². The number of hydrogen-bond donors (Lipinski definition) is 1. The van der Waals surface area contributed by atoms with Crippen molar-refractivity contribution >= 4 is 0 Å². The second kappa shape index (κ2) is 3.92. The number of aliphatic hydroxyl groups is 1. The topological polar surface area (TPSA) is 57.2 Å². The van der Waals surface area contributed by atoms with Crippen molar-refractivity contribution in [2.24, 2.45) is 0 Å². The average Bonchev–Trinajstić information content (AvgIpc) is 2.70. The summed E-state index contributed by atoms with van der Waals surface area (Å²) in [5, 5.41) is 9.53. The van der Waals surface area contributed by atoms with Gasteiger partial charge >= 0.3 is 0 Å². The third-order valence-corrected chi connectivity index (χ3v) is 3.37. The maximum atomic E-state index is 9.53. The fraction of sp³-hybridized carbons (Fsp3) is 1.00. The highest BCUT2D eigenvalue weighted by atomic mass is 16.8. The van der Waals surface area contributed by atoms with E-state index in [4.69, 9.17) is 18.9 Å². The standard InChI is InChI=1S/C11H20O5/c1-5-11(6-12)8-7(9(13-4)16-11)14-10(2,3)15-8/h7-9,12H,5-6H2,1-4H3/t7-,8+,9-,11+/m1/s1. The number of ether oxygens (including phenoxy) is 4. The van der Waals surface area contributed by atoms with Crippen molar-refractivity contribution in [2.45, 2.75) is 57.1 Å². The molecule has 1 N–H and O–H groups in total. The van der Waals surface area contributed by atoms with Crippen molar-refractivity contribution in [2.75, 3.05) is 13.7 Å². The van der Waals surface area contributed by atoms with E-state index in [0.29, 0.717) is 6.42 Å². The van der Waals surface area contributed by atoms with Crippen molar-refractivity contribution in [1.29, 1.82) is 0 Å². The molecule has 0 amide bonds. The molecule has 4 atom stereocenters. The number of rotatable bonds is 3. The van der Waals surface area contributed by atoms with Crippen LogP contribution < -0.4 is 0 Å². The van der Waals surface area contributed by atoms with Gasteiger partial charge in [0.1, 0.15) is 17.8 Å². The smallest absolute Gasteiger partial charge is 0.187 e. The van der Waals surface area contributed by atoms with Crippen LogP contribution in [-0.4, -0.2) is 48.7 Å². The summed E-state index contributed by atoms with van der Waals surface area (Å²) in [5.74, 6) is -0.647. The van der Waals surface area contributed by atoms with E-state index in [9.17, 15) is 5.11 Å². The largest absolute Gasteiger partial charge is 0.393 e. The summed E-state index contributed by atoms with van der Waals surface area (Å²) >= 11 is 0. The van der Waals surface area contributed by atoms with Crippen LogP contribution in [0.1, 0.15) is 27.2 Å². The minimum absolute atomic E-state index is 0.0933. The quantitative estimate of drug-likeness (QED) is 0.774. The van der Waals surface area contributed by atoms with Crippen LogP contribution in [0.5, 0.6) is 0 Å². The molecule has 0 bridgehead atoms. The van der Waals surface area contributed by atoms with Crippen molar-refractivity contribution in [3.05, 3.63) is 0 Å². The van der Waals surface area contributed by atoms with Gasteiger partial charge in [-0.25, -0.2) is 0 Å². The summed E-state index contributed by atoms with van der Waals surface area (Å²) in [6.45, 7) is 5.58. The predicted octanol–water partition coefficient (Wildman–Crippen LogP) is 0.650. The van der Waals surface area contributed by atoms with Crippen molar-refractivity contribution in [1.82, 2.24) is 0 Å². The highest BCUT2D eigenvalue weighted by Crippen LogP contribution is 2.45. The Morgan fingerprint density at radius 2 is 1.94 bits per heavy atom. The molecule has 0 aliphatic carbocycles. The monoisotopic (exact) mass is 232 g/mol. The molecule has 5 heteroatoms. The second-order valence-electron chi connectivity index (χ2n) is 4.82. The molecule has 2 rings (SSSR count). The van der Waals surface area contributed by atoms with Gasteiger partial charge in [0.05, 0.1) is 6.61 Å². The lowest BCUT2D eigenvalue weighted by molar-refractivity contribution is -0.256. The van der Waals surface area contributed by atoms with Crippen LogP contribution in [0, 0.1) is 0 Å². The predicted molar refractivity (Wildman–Crippen MR) is 55.8 cm³/mol. The van der Waals surface area contributed by atoms with Gasteiger partial charge in [-0.3, -0.25) is 0 Å². The van der Waals surface area contributed by atoms with E-state index in [1.54, 1.807) is 7.11 Å². The minimum Gasteiger partial charge on any atom is -0.393 e. The van der Waals surface area contributed by atoms with Crippen LogP contribution in [0.25, 0.3) is 0 Å². The first-order valence-corrected chi connectivity index (χ1v) is 5.65. The summed E-state index contributed by atoms with van der Waals surface area (Å²) in [5.41, 5.74) is -0.709. The second-order valence-corrected chi connectivity index (χ2v) is 4.82. The zero-order valence-electron chi connectivity index (χ0n) is 10.2. The molecule has 0 radical (unpaired) electrons. The Bertz CT molecular complexity index is 261. The maximum Gasteiger partial charge on any atom is 0.187 e. The Balaban J connectivity index is 2.26. The van der Waals surface area contributed by atoms with Crippen molar-refractivity contribution < 1.29 is 24.1 Å². The molecule has 5 nitrogen and oxygen atoms in total. The molecule has 0 aromatic heterocycles. The molecule has 0 aromatic carbocycles. The van der Waals surface area contributed by atoms with Crippen LogP contribution in [0.15, 0.2) is 0 Å². The van der Waals surface area contributed by atoms with Gasteiger partial charge < -0.3 is 24.1 Å². The van der Waals surface area contributed by atoms with E-state index < -0.39 is 17.7 Å². The van der Waals surface area contributed by atoms with Gasteiger partial charge in [-0.2, -0.15) is 0 Å². The fourth-order valence-electron chi connectivity index (χ4n) is 2.47. The van der Waals surface area contributed by atoms with E-state index in [0.717, 1.165) is 0 Å². The molecule has 16 heavy (non-hydrogen) atoms. The van der Waals surface area contributed by atoms with Crippen LogP contribution in [0.3, 0.4) is 0 Å². The zero-order chi connectivity index (χ0) is 12.0. The van der Waals surface area contributed by atoms with Gasteiger partial charge in [0, 0.05) is 7.11 Å². The summed E-state index contributed by atoms with van der Waals surface area (Å²) in [4.78, 5) is 0. The summed E-state index contributed by atoms with van der Waals surface area (Å²) in [6.07, 6.45) is -0.363. The average molecular weight is 232 g/mol. The lowest BCUT2D eigenvalue weighted by atomic mass is 9.93. The first-order valence-electron chi connectivity index (χ1n) is 5.65. The molecule has 2 aliphatic heterocycles. The van der Waals surface area contributed by atoms with E-state index in [1.165, 1.54) is 0 Å². The van der Waals surface area contributed by atoms with Crippen LogP contribution in [0.4, 0.5) is 0 Å². The van der Waals surface area contributed by atoms with Crippen molar-refractivity contribution in [3.8, 4) is 0 Å². The van der Waals surface area contributed by atoms with E-state index in [1.807, 2.05) is 20.8 Å². The third-order valence-electron chi connectivity index (χ3n) is 3.37. The molecule has 2 aliphatic rings. The van der Waals surface area contributed by atoms with E-state index in [-0.39, 0.29) is 18.8 Å². The first kappa shape index (κ1) is 12.3. The molecule has 2 fully saturated rings. The molecule has 0 saturated carbocycles. The first-order chi connectivity index (χ1) is 7.48. The number of aliphatic hydroxyl groups excluding tert-OH is 1. The molecular weight excluding hydrogens is 212 g/mol. The molecular formula is C11H20O5. The number of methoxy groups -OCH3 is 1. The Morgan fingerprint density at radius 3 is 2.44 bits per heavy atom. The lowest BCUT2D eigenvalue weighted by Crippen LogP contribution is -2.45. The van der Waals surface area contributed by atoms with Gasteiger partial charge in [-0.1, -0.05) is 6.92 Å². The molecule has 2 saturated heterocycles. The van der Waals surface area contributed by atoms with E-state index >= 15 is 0 Å². The zero-order valence-corrected chi connectivity index (χ0v) is 10.2. The number of fused-ring (bicyclic) bond motifs is 1. The highest BCUT2D eigenvalue weighted by molar-refractivity contribution is 5.04. The van der Waals surface area contributed by atoms with Crippen molar-refractivity contribution in [3.63, 3.8) is 0 Å². The molecule has 0 unspecified atom stereocenters. The van der Waals surface area contributed by atoms with Gasteiger partial charge in [0.25, 0.3) is 0 Å². The van der Waals surface area contributed by atoms with E-state index in [2.05, 4.69) is 0 Å². The Labute approximate surface area is 95.6 Å². The summed E-state index contributed by atoms with van der Waals surface area (Å²) in [6, 6.07) is 0. The Morgan fingerprint density at radius 1 is 1.25 bits per heavy atom.